The second kappa shape index (κ2) is 8.27. The zero-order chi connectivity index (χ0) is 19.4. The van der Waals surface area contributed by atoms with E-state index in [0.29, 0.717) is 17.1 Å². The van der Waals surface area contributed by atoms with Gasteiger partial charge in [-0.25, -0.2) is 9.18 Å². The predicted molar refractivity (Wildman–Crippen MR) is 106 cm³/mol. The summed E-state index contributed by atoms with van der Waals surface area (Å²) in [6, 6.07) is 16.0. The fourth-order valence-corrected chi connectivity index (χ4v) is 3.04. The van der Waals surface area contributed by atoms with Crippen LogP contribution in [0.25, 0.3) is 10.8 Å². The van der Waals surface area contributed by atoms with Gasteiger partial charge in [0.25, 0.3) is 0 Å². The summed E-state index contributed by atoms with van der Waals surface area (Å²) in [7, 11) is 3.24. The van der Waals surface area contributed by atoms with Gasteiger partial charge in [-0.1, -0.05) is 35.9 Å². The number of amides is 2. The van der Waals surface area contributed by atoms with E-state index >= 15 is 0 Å². The lowest BCUT2D eigenvalue weighted by Crippen LogP contribution is -2.36. The first kappa shape index (κ1) is 19.0. The molecule has 27 heavy (non-hydrogen) atoms. The molecule has 0 aromatic heterocycles. The summed E-state index contributed by atoms with van der Waals surface area (Å²) in [6.07, 6.45) is 0. The lowest BCUT2D eigenvalue weighted by atomic mass is 10.1. The van der Waals surface area contributed by atoms with Crippen molar-refractivity contribution in [3.05, 3.63) is 76.6 Å². The number of carbonyl (C=O) groups is 1. The average molecular weight is 387 g/mol. The molecule has 6 heteroatoms. The fraction of sp³-hybridized carbons (Fsp3) is 0.190. The molecule has 0 aliphatic carbocycles. The molecule has 0 heterocycles. The summed E-state index contributed by atoms with van der Waals surface area (Å²) >= 11 is 6.02. The number of methoxy groups -OCH3 is 1. The van der Waals surface area contributed by atoms with Crippen LogP contribution in [0.15, 0.2) is 54.6 Å². The molecule has 0 aliphatic rings. The van der Waals surface area contributed by atoms with Crippen LogP contribution >= 0.6 is 11.6 Å². The Hall–Kier alpha value is -2.79. The first-order valence-corrected chi connectivity index (χ1v) is 8.84. The zero-order valence-electron chi connectivity index (χ0n) is 15.1. The van der Waals surface area contributed by atoms with Crippen LogP contribution in [-0.2, 0) is 13.1 Å². The number of carbonyl (C=O) groups excluding carboxylic acids is 1. The van der Waals surface area contributed by atoms with Crippen molar-refractivity contribution in [1.82, 2.24) is 10.2 Å². The van der Waals surface area contributed by atoms with Crippen molar-refractivity contribution in [3.8, 4) is 5.75 Å². The quantitative estimate of drug-likeness (QED) is 0.671. The van der Waals surface area contributed by atoms with E-state index in [0.717, 1.165) is 22.1 Å². The lowest BCUT2D eigenvalue weighted by molar-refractivity contribution is 0.206. The number of hydrogen-bond acceptors (Lipinski definition) is 2. The van der Waals surface area contributed by atoms with Crippen LogP contribution < -0.4 is 10.1 Å². The van der Waals surface area contributed by atoms with Crippen LogP contribution in [-0.4, -0.2) is 25.1 Å². The molecule has 3 aromatic rings. The molecule has 0 saturated carbocycles. The van der Waals surface area contributed by atoms with E-state index in [1.54, 1.807) is 20.2 Å². The molecule has 0 spiro atoms. The Labute approximate surface area is 162 Å². The number of ether oxygens (including phenoxy) is 1. The molecule has 0 atom stereocenters. The van der Waals surface area contributed by atoms with Crippen molar-refractivity contribution in [2.75, 3.05) is 14.2 Å². The number of benzene rings is 3. The molecular formula is C21H20ClFN2O2. The SMILES string of the molecule is COc1ccc2cc(CNC(=O)N(C)Cc3c(F)cccc3Cl)ccc2c1. The molecular weight excluding hydrogens is 367 g/mol. The van der Waals surface area contributed by atoms with Gasteiger partial charge in [0.15, 0.2) is 0 Å². The van der Waals surface area contributed by atoms with Gasteiger partial charge in [0.1, 0.15) is 11.6 Å². The molecule has 2 amide bonds. The zero-order valence-corrected chi connectivity index (χ0v) is 15.9. The molecule has 0 radical (unpaired) electrons. The molecule has 4 nitrogen and oxygen atoms in total. The second-order valence-corrected chi connectivity index (χ2v) is 6.67. The predicted octanol–water partition coefficient (Wildman–Crippen LogP) is 4.98. The van der Waals surface area contributed by atoms with Gasteiger partial charge in [-0.15, -0.1) is 0 Å². The van der Waals surface area contributed by atoms with Crippen LogP contribution in [0.2, 0.25) is 5.02 Å². The molecule has 140 valence electrons. The second-order valence-electron chi connectivity index (χ2n) is 6.26. The molecule has 0 aliphatic heterocycles. The van der Waals surface area contributed by atoms with E-state index in [1.165, 1.54) is 17.0 Å². The van der Waals surface area contributed by atoms with E-state index in [1.807, 2.05) is 36.4 Å². The fourth-order valence-electron chi connectivity index (χ4n) is 2.82. The highest BCUT2D eigenvalue weighted by Crippen LogP contribution is 2.22. The van der Waals surface area contributed by atoms with Gasteiger partial charge < -0.3 is 15.0 Å². The molecule has 0 unspecified atom stereocenters. The number of halogens is 2. The Bertz CT molecular complexity index is 957. The number of urea groups is 1. The summed E-state index contributed by atoms with van der Waals surface area (Å²) in [4.78, 5) is 13.7. The Morgan fingerprint density at radius 2 is 1.89 bits per heavy atom. The third-order valence-corrected chi connectivity index (χ3v) is 4.71. The van der Waals surface area contributed by atoms with Crippen molar-refractivity contribution >= 4 is 28.4 Å². The molecule has 1 N–H and O–H groups in total. The van der Waals surface area contributed by atoms with Crippen LogP contribution in [0.1, 0.15) is 11.1 Å². The third kappa shape index (κ3) is 4.49. The van der Waals surface area contributed by atoms with E-state index in [-0.39, 0.29) is 12.6 Å². The maximum atomic E-state index is 13.9. The van der Waals surface area contributed by atoms with E-state index in [2.05, 4.69) is 5.32 Å². The highest BCUT2D eigenvalue weighted by atomic mass is 35.5. The van der Waals surface area contributed by atoms with Crippen LogP contribution in [0, 0.1) is 5.82 Å². The van der Waals surface area contributed by atoms with Gasteiger partial charge >= 0.3 is 6.03 Å². The van der Waals surface area contributed by atoms with Crippen LogP contribution in [0.5, 0.6) is 5.75 Å². The Morgan fingerprint density at radius 3 is 2.63 bits per heavy atom. The highest BCUT2D eigenvalue weighted by molar-refractivity contribution is 6.31. The minimum atomic E-state index is -0.424. The number of hydrogen-bond donors (Lipinski definition) is 1. The summed E-state index contributed by atoms with van der Waals surface area (Å²) in [5.74, 6) is 0.379. The molecule has 0 bridgehead atoms. The molecule has 0 fully saturated rings. The van der Waals surface area contributed by atoms with Gasteiger partial charge in [0.05, 0.1) is 13.7 Å². The smallest absolute Gasteiger partial charge is 0.317 e. The van der Waals surface area contributed by atoms with Gasteiger partial charge in [0, 0.05) is 24.2 Å². The summed E-state index contributed by atoms with van der Waals surface area (Å²) < 4.78 is 19.1. The van der Waals surface area contributed by atoms with E-state index in [4.69, 9.17) is 16.3 Å². The number of nitrogens with zero attached hydrogens (tertiary/aromatic N) is 1. The van der Waals surface area contributed by atoms with E-state index < -0.39 is 5.82 Å². The summed E-state index contributed by atoms with van der Waals surface area (Å²) in [6.45, 7) is 0.463. The first-order chi connectivity index (χ1) is 13.0. The van der Waals surface area contributed by atoms with Crippen LogP contribution in [0.4, 0.5) is 9.18 Å². The van der Waals surface area contributed by atoms with Gasteiger partial charge in [0.2, 0.25) is 0 Å². The molecule has 3 aromatic carbocycles. The Balaban J connectivity index is 1.63. The number of fused-ring (bicyclic) bond motifs is 1. The van der Waals surface area contributed by atoms with Gasteiger partial charge in [-0.2, -0.15) is 0 Å². The van der Waals surface area contributed by atoms with Gasteiger partial charge in [-0.05, 0) is 46.7 Å². The topological polar surface area (TPSA) is 41.6 Å². The maximum Gasteiger partial charge on any atom is 0.317 e. The maximum absolute atomic E-state index is 13.9. The average Bonchev–Trinajstić information content (AvgIpc) is 2.68. The highest BCUT2D eigenvalue weighted by Gasteiger charge is 2.14. The normalized spacial score (nSPS) is 10.7. The minimum Gasteiger partial charge on any atom is -0.497 e. The van der Waals surface area contributed by atoms with Crippen molar-refractivity contribution in [1.29, 1.82) is 0 Å². The first-order valence-electron chi connectivity index (χ1n) is 8.46. The van der Waals surface area contributed by atoms with Crippen molar-refractivity contribution in [2.45, 2.75) is 13.1 Å². The monoisotopic (exact) mass is 386 g/mol. The van der Waals surface area contributed by atoms with Crippen molar-refractivity contribution < 1.29 is 13.9 Å². The standard InChI is InChI=1S/C21H20ClFN2O2/c1-25(13-18-19(22)4-3-5-20(18)23)21(26)24-12-14-6-7-16-11-17(27-2)9-8-15(16)10-14/h3-11H,12-13H2,1-2H3,(H,24,26). The summed E-state index contributed by atoms with van der Waals surface area (Å²) in [5, 5.41) is 5.28. The van der Waals surface area contributed by atoms with Crippen molar-refractivity contribution in [3.63, 3.8) is 0 Å². The Kier molecular flexibility index (Phi) is 5.81. The molecule has 0 saturated heterocycles. The van der Waals surface area contributed by atoms with Gasteiger partial charge in [-0.3, -0.25) is 0 Å². The van der Waals surface area contributed by atoms with Crippen molar-refractivity contribution in [2.24, 2.45) is 0 Å². The number of nitrogens with one attached hydrogen (secondary N) is 1. The van der Waals surface area contributed by atoms with E-state index in [9.17, 15) is 9.18 Å². The van der Waals surface area contributed by atoms with Crippen LogP contribution in [0.3, 0.4) is 0 Å². The number of rotatable bonds is 5. The third-order valence-electron chi connectivity index (χ3n) is 4.36. The molecule has 3 rings (SSSR count). The Morgan fingerprint density at radius 1 is 1.15 bits per heavy atom. The minimum absolute atomic E-state index is 0.0921. The lowest BCUT2D eigenvalue weighted by Gasteiger charge is -2.19. The largest absolute Gasteiger partial charge is 0.497 e. The summed E-state index contributed by atoms with van der Waals surface area (Å²) in [5.41, 5.74) is 1.27.